The second-order valence-corrected chi connectivity index (χ2v) is 32.4. The van der Waals surface area contributed by atoms with E-state index in [4.69, 9.17) is 40.6 Å². The Kier molecular flexibility index (Phi) is 30.1. The van der Waals surface area contributed by atoms with Crippen molar-refractivity contribution in [1.29, 1.82) is 10.5 Å². The number of hydrogen-bond acceptors (Lipinski definition) is 20. The molecule has 10 aromatic heterocycles. The minimum absolute atomic E-state index is 0. The summed E-state index contributed by atoms with van der Waals surface area (Å²) in [7, 11) is 0.488. The van der Waals surface area contributed by atoms with Crippen molar-refractivity contribution >= 4 is 193 Å². The van der Waals surface area contributed by atoms with Crippen LogP contribution in [-0.4, -0.2) is 107 Å². The number of amides is 4. The van der Waals surface area contributed by atoms with Gasteiger partial charge in [-0.25, -0.2) is 15.0 Å². The SMILES string of the molecule is C.Cn1cc(-c2cc(C(=O)Nc3cccc(O)c3)c3ccoc3n2)c2cc(C#N)ccc21.Cn1cc(B(O)O)c2cc(C#N)ccc21.Ic1c[nH]c2ccccc12.NCc1ccc(CNC(=O)c2cc(-c3c[nH]c4ccccc34)nc3ccccc23)cc1.NCc1ccc(CNC(=O)c2cc(B(O)O)nc3ccccc23)cc1.O=C(Nc1cccc(O)c1)c1cc(I)nc2occc12. The van der Waals surface area contributed by atoms with E-state index in [1.54, 1.807) is 114 Å². The molecule has 20 aromatic rings. The molecule has 28 nitrogen and oxygen atoms in total. The van der Waals surface area contributed by atoms with E-state index >= 15 is 0 Å². The van der Waals surface area contributed by atoms with Crippen LogP contribution in [-0.2, 0) is 40.3 Å². The third-order valence-electron chi connectivity index (χ3n) is 21.4. The average Bonchev–Trinajstić information content (AvgIpc) is 1.57. The number of furan rings is 2. The Bertz CT molecular complexity index is 7770. The summed E-state index contributed by atoms with van der Waals surface area (Å²) < 4.78 is 16.4. The third-order valence-corrected chi connectivity index (χ3v) is 22.8. The molecular weight excluding hydrogens is 1900 g/mol. The quantitative estimate of drug-likeness (QED) is 0.0243. The van der Waals surface area contributed by atoms with Crippen molar-refractivity contribution in [1.82, 2.24) is 49.7 Å². The summed E-state index contributed by atoms with van der Waals surface area (Å²) in [5.74, 6) is -0.891. The predicted molar refractivity (Wildman–Crippen MR) is 536 cm³/mol. The van der Waals surface area contributed by atoms with E-state index in [0.717, 1.165) is 77.3 Å². The maximum Gasteiger partial charge on any atom is 0.508 e. The Balaban J connectivity index is 0.000000132. The molecule has 0 atom stereocenters. The van der Waals surface area contributed by atoms with Crippen molar-refractivity contribution in [3.8, 4) is 46.2 Å². The zero-order valence-electron chi connectivity index (χ0n) is 70.5. The molecule has 0 saturated heterocycles. The smallest absolute Gasteiger partial charge is 0.508 e. The van der Waals surface area contributed by atoms with Gasteiger partial charge in [-0.1, -0.05) is 141 Å². The number of halogens is 2. The number of aryl methyl sites for hydroxylation is 2. The van der Waals surface area contributed by atoms with Crippen molar-refractivity contribution in [3.05, 3.63) is 367 Å². The molecular formula is C101H84B2I2N16O12. The monoisotopic (exact) mass is 1990 g/mol. The molecule has 133 heavy (non-hydrogen) atoms. The molecule has 0 radical (unpaired) electrons. The number of benzene rings is 10. The van der Waals surface area contributed by atoms with E-state index in [1.165, 1.54) is 51.3 Å². The standard InChI is InChI=1S/C26H22N4O.C24H16N4O3.C18H18BN3O3.C14H9IN2O3.C10H9BN2O2.C8H6IN.CH4/c27-14-17-9-11-18(12-10-17)15-29-26(31)21-13-25(30-24-8-4-2-5-19(21)24)22-16-28-23-7-3-1-6-20(22)23;1-28-13-20(18-9-14(12-25)5-6-22(18)28)21-11-19(17-7-8-31-24(17)27-21)23(30)26-15-3-2-4-16(29)10-15;20-10-12-5-7-13(8-6-12)11-21-18(23)15-9-17(19(24)25)22-16-4-2-1-3-14(15)16;15-12-7-11(10-4-5-20-14(10)17-12)13(19)16-8-2-1-3-9(18)6-8;1-13-6-9(11(14)15)8-4-7(5-12)2-3-10(8)13;9-7-5-10-8-4-2-1-3-6(7)8;/h1-13,16,28H,14-15,27H2,(H,29,31);2-11,13,29H,1H3,(H,26,30);1-9,24-25H,10-11,20H2,(H,21,23);1-7,18H,(H,16,19);2-4,6,14-15H,1H3;1-5,10H;1H4. The van der Waals surface area contributed by atoms with E-state index in [0.29, 0.717) is 124 Å². The topological polar surface area (TPSA) is 457 Å². The predicted octanol–water partition coefficient (Wildman–Crippen LogP) is 16.4. The molecule has 32 heteroatoms. The number of aromatic hydroxyl groups is 2. The van der Waals surface area contributed by atoms with Gasteiger partial charge in [0.05, 0.1) is 91.3 Å². The number of aromatic amines is 2. The van der Waals surface area contributed by atoms with Crippen LogP contribution >= 0.6 is 45.2 Å². The minimum Gasteiger partial charge on any atom is -0.508 e. The first-order chi connectivity index (χ1) is 64.0. The van der Waals surface area contributed by atoms with Gasteiger partial charge in [0.25, 0.3) is 23.6 Å². The van der Waals surface area contributed by atoms with Crippen LogP contribution in [0.15, 0.2) is 313 Å². The van der Waals surface area contributed by atoms with Crippen LogP contribution in [0.5, 0.6) is 11.5 Å². The van der Waals surface area contributed by atoms with Crippen LogP contribution in [0.4, 0.5) is 11.4 Å². The maximum absolute atomic E-state index is 13.2. The average molecular weight is 1990 g/mol. The molecule has 10 aromatic carbocycles. The molecule has 0 aliphatic rings. The molecule has 20 rings (SSSR count). The third kappa shape index (κ3) is 22.1. The molecule has 0 unspecified atom stereocenters. The van der Waals surface area contributed by atoms with Gasteiger partial charge >= 0.3 is 14.2 Å². The highest BCUT2D eigenvalue weighted by atomic mass is 127. The number of nitrogens with zero attached hydrogens (tertiary/aromatic N) is 8. The molecule has 16 N–H and O–H groups in total. The van der Waals surface area contributed by atoms with E-state index in [1.807, 2.05) is 181 Å². The highest BCUT2D eigenvalue weighted by Crippen LogP contribution is 2.36. The molecule has 4 amide bonds. The van der Waals surface area contributed by atoms with Crippen molar-refractivity contribution < 1.29 is 58.3 Å². The fourth-order valence-electron chi connectivity index (χ4n) is 14.8. The molecule has 0 aliphatic carbocycles. The number of H-pyrrole nitrogens is 2. The summed E-state index contributed by atoms with van der Waals surface area (Å²) in [6.07, 6.45) is 10.5. The largest absolute Gasteiger partial charge is 0.508 e. The van der Waals surface area contributed by atoms with Gasteiger partial charge in [-0.2, -0.15) is 10.5 Å². The van der Waals surface area contributed by atoms with Crippen LogP contribution in [0.1, 0.15) is 82.2 Å². The van der Waals surface area contributed by atoms with Gasteiger partial charge in [0.1, 0.15) is 15.2 Å². The number of nitrogens with two attached hydrogens (primary N) is 2. The van der Waals surface area contributed by atoms with Gasteiger partial charge in [0.15, 0.2) is 0 Å². The first-order valence-electron chi connectivity index (χ1n) is 41.0. The first-order valence-corrected chi connectivity index (χ1v) is 43.2. The number of carbonyl (C=O) groups excluding carboxylic acids is 4. The molecule has 10 heterocycles. The summed E-state index contributed by atoms with van der Waals surface area (Å²) in [6.45, 7) is 1.79. The van der Waals surface area contributed by atoms with Gasteiger partial charge < -0.3 is 91.0 Å². The van der Waals surface area contributed by atoms with Gasteiger partial charge in [0, 0.05) is 169 Å². The van der Waals surface area contributed by atoms with Gasteiger partial charge in [0.2, 0.25) is 11.4 Å². The number of phenolic OH excluding ortho intramolecular Hbond substituents is 2. The number of anilines is 2. The maximum atomic E-state index is 13.2. The number of rotatable bonds is 16. The van der Waals surface area contributed by atoms with E-state index < -0.39 is 14.2 Å². The van der Waals surface area contributed by atoms with Crippen molar-refractivity contribution in [2.24, 2.45) is 25.6 Å². The Hall–Kier alpha value is -15.6. The zero-order chi connectivity index (χ0) is 92.6. The van der Waals surface area contributed by atoms with E-state index in [-0.39, 0.29) is 48.1 Å². The van der Waals surface area contributed by atoms with E-state index in [2.05, 4.69) is 99.1 Å². The number of hydrogen-bond donors (Lipinski definition) is 14. The number of para-hydroxylation sites is 4. The van der Waals surface area contributed by atoms with Crippen LogP contribution in [0.3, 0.4) is 0 Å². The Morgan fingerprint density at radius 2 is 0.887 bits per heavy atom. The highest BCUT2D eigenvalue weighted by Gasteiger charge is 2.24. The zero-order valence-corrected chi connectivity index (χ0v) is 74.8. The fourth-order valence-corrected chi connectivity index (χ4v) is 15.9. The van der Waals surface area contributed by atoms with E-state index in [9.17, 15) is 44.7 Å². The molecule has 0 saturated carbocycles. The van der Waals surface area contributed by atoms with Crippen LogP contribution in [0, 0.1) is 29.9 Å². The second-order valence-electron chi connectivity index (χ2n) is 30.1. The number of carbonyl (C=O) groups is 4. The molecule has 0 aliphatic heterocycles. The lowest BCUT2D eigenvalue weighted by atomic mass is 9.80. The Labute approximate surface area is 788 Å². The normalized spacial score (nSPS) is 10.7. The van der Waals surface area contributed by atoms with Crippen molar-refractivity contribution in [2.45, 2.75) is 33.6 Å². The Morgan fingerprint density at radius 1 is 0.436 bits per heavy atom. The summed E-state index contributed by atoms with van der Waals surface area (Å²) in [6, 6.07) is 84.5. The second kappa shape index (κ2) is 42.7. The first kappa shape index (κ1) is 93.5. The highest BCUT2D eigenvalue weighted by molar-refractivity contribution is 14.1. The van der Waals surface area contributed by atoms with Crippen LogP contribution in [0.2, 0.25) is 0 Å². The minimum atomic E-state index is -1.74. The number of nitrogens with one attached hydrogen (secondary N) is 6. The number of fused-ring (bicyclic) bond motifs is 8. The molecule has 0 spiro atoms. The van der Waals surface area contributed by atoms with Crippen molar-refractivity contribution in [3.63, 3.8) is 0 Å². The van der Waals surface area contributed by atoms with Gasteiger partial charge in [-0.15, -0.1) is 0 Å². The number of aromatic nitrogens is 8. The summed E-state index contributed by atoms with van der Waals surface area (Å²) in [5, 5.41) is 92.4. The fraction of sp³-hybridized carbons (Fsp3) is 0.0693. The van der Waals surface area contributed by atoms with Gasteiger partial charge in [-0.05, 0) is 189 Å². The van der Waals surface area contributed by atoms with Crippen LogP contribution < -0.4 is 43.8 Å². The summed E-state index contributed by atoms with van der Waals surface area (Å²) in [4.78, 5) is 75.5. The van der Waals surface area contributed by atoms with Crippen molar-refractivity contribution in [2.75, 3.05) is 10.6 Å². The number of phenols is 2. The number of pyridine rings is 4. The lowest BCUT2D eigenvalue weighted by Crippen LogP contribution is -2.34. The lowest BCUT2D eigenvalue weighted by molar-refractivity contribution is 0.0944. The summed E-state index contributed by atoms with van der Waals surface area (Å²) in [5.41, 5.74) is 28.9. The summed E-state index contributed by atoms with van der Waals surface area (Å²) >= 11 is 4.35. The number of nitriles is 2. The molecule has 0 bridgehead atoms. The van der Waals surface area contributed by atoms with Gasteiger partial charge in [-0.3, -0.25) is 24.2 Å². The molecule has 0 fully saturated rings. The van der Waals surface area contributed by atoms with Crippen LogP contribution in [0.25, 0.3) is 110 Å². The lowest BCUT2D eigenvalue weighted by Gasteiger charge is -2.11. The Morgan fingerprint density at radius 3 is 1.41 bits per heavy atom. The molecule has 660 valence electrons.